The predicted molar refractivity (Wildman–Crippen MR) is 107 cm³/mol. The number of hydrogen-bond donors (Lipinski definition) is 1. The lowest BCUT2D eigenvalue weighted by Crippen LogP contribution is -2.29. The second-order valence-corrected chi connectivity index (χ2v) is 6.87. The minimum atomic E-state index is -1.11. The molecule has 0 aliphatic rings. The number of hydrogen-bond acceptors (Lipinski definition) is 5. The van der Waals surface area contributed by atoms with Crippen LogP contribution in [-0.2, 0) is 11.3 Å². The Labute approximate surface area is 164 Å². The number of nitrogens with zero attached hydrogens (tertiary/aromatic N) is 3. The van der Waals surface area contributed by atoms with E-state index in [4.69, 9.17) is 4.74 Å². The van der Waals surface area contributed by atoms with Crippen LogP contribution in [0.2, 0.25) is 0 Å². The summed E-state index contributed by atoms with van der Waals surface area (Å²) in [6, 6.07) is 18.9. The molecule has 1 heterocycles. The number of carbonyl (C=O) groups is 1. The number of carbonyl (C=O) groups excluding carboxylic acids is 1. The van der Waals surface area contributed by atoms with Crippen LogP contribution in [0.15, 0.2) is 54.6 Å². The van der Waals surface area contributed by atoms with Crippen LogP contribution in [0.1, 0.15) is 31.0 Å². The fourth-order valence-electron chi connectivity index (χ4n) is 2.67. The molecule has 1 atom stereocenters. The van der Waals surface area contributed by atoms with Crippen molar-refractivity contribution in [2.75, 3.05) is 6.61 Å². The molecular formula is C22H22N4O2. The zero-order chi connectivity index (χ0) is 19.9. The molecule has 0 fully saturated rings. The highest BCUT2D eigenvalue weighted by molar-refractivity contribution is 5.87. The van der Waals surface area contributed by atoms with Crippen molar-refractivity contribution in [1.82, 2.24) is 15.3 Å². The van der Waals surface area contributed by atoms with Crippen LogP contribution in [0.3, 0.4) is 0 Å². The number of nitriles is 1. The molecule has 0 unspecified atom stereocenters. The molecule has 1 amide bonds. The van der Waals surface area contributed by atoms with Gasteiger partial charge in [-0.2, -0.15) is 5.26 Å². The van der Waals surface area contributed by atoms with Gasteiger partial charge < -0.3 is 10.1 Å². The molecule has 28 heavy (non-hydrogen) atoms. The molecule has 1 aromatic heterocycles. The number of nitrogens with one attached hydrogen (secondary N) is 1. The van der Waals surface area contributed by atoms with Gasteiger partial charge in [-0.15, -0.1) is 0 Å². The van der Waals surface area contributed by atoms with Crippen LogP contribution >= 0.6 is 0 Å². The number of fused-ring (bicyclic) bond motifs is 1. The highest BCUT2D eigenvalue weighted by Gasteiger charge is 2.27. The predicted octanol–water partition coefficient (Wildman–Crippen LogP) is 3.59. The summed E-state index contributed by atoms with van der Waals surface area (Å²) < 4.78 is 5.80. The summed E-state index contributed by atoms with van der Waals surface area (Å²) in [7, 11) is 0. The Balaban J connectivity index is 1.89. The van der Waals surface area contributed by atoms with Crippen LogP contribution in [0.5, 0.6) is 5.88 Å². The third kappa shape index (κ3) is 4.63. The van der Waals surface area contributed by atoms with Gasteiger partial charge in [0, 0.05) is 6.54 Å². The third-order valence-electron chi connectivity index (χ3n) is 4.09. The number of rotatable bonds is 7. The van der Waals surface area contributed by atoms with E-state index in [0.29, 0.717) is 24.2 Å². The van der Waals surface area contributed by atoms with Crippen LogP contribution < -0.4 is 10.1 Å². The van der Waals surface area contributed by atoms with E-state index in [9.17, 15) is 10.1 Å². The summed E-state index contributed by atoms with van der Waals surface area (Å²) in [5.41, 5.74) is 2.47. The largest absolute Gasteiger partial charge is 0.476 e. The maximum Gasteiger partial charge on any atom is 0.244 e. The van der Waals surface area contributed by atoms with Gasteiger partial charge in [-0.05, 0) is 23.6 Å². The molecule has 1 N–H and O–H groups in total. The average molecular weight is 374 g/mol. The van der Waals surface area contributed by atoms with Gasteiger partial charge in [0.2, 0.25) is 11.8 Å². The Bertz CT molecular complexity index is 996. The van der Waals surface area contributed by atoms with E-state index in [1.165, 1.54) is 0 Å². The minimum absolute atomic E-state index is 0.230. The maximum atomic E-state index is 12.7. The summed E-state index contributed by atoms with van der Waals surface area (Å²) in [6.45, 7) is 4.79. The lowest BCUT2D eigenvalue weighted by molar-refractivity contribution is -0.121. The molecule has 0 aliphatic heterocycles. The molecule has 0 bridgehead atoms. The number of benzene rings is 2. The van der Waals surface area contributed by atoms with E-state index in [2.05, 4.69) is 21.4 Å². The molecule has 0 radical (unpaired) electrons. The van der Waals surface area contributed by atoms with Gasteiger partial charge in [0.05, 0.1) is 23.7 Å². The highest BCUT2D eigenvalue weighted by Crippen LogP contribution is 2.26. The molecule has 3 aromatic rings. The van der Waals surface area contributed by atoms with E-state index in [1.54, 1.807) is 6.07 Å². The molecule has 0 saturated heterocycles. The molecule has 142 valence electrons. The number of ether oxygens (including phenoxy) is 1. The summed E-state index contributed by atoms with van der Waals surface area (Å²) in [5.74, 6) is -1.03. The summed E-state index contributed by atoms with van der Waals surface area (Å²) in [5, 5.41) is 12.5. The van der Waals surface area contributed by atoms with Crippen LogP contribution in [0.4, 0.5) is 0 Å². The molecule has 3 rings (SSSR count). The van der Waals surface area contributed by atoms with E-state index in [-0.39, 0.29) is 17.5 Å². The van der Waals surface area contributed by atoms with E-state index < -0.39 is 11.8 Å². The van der Waals surface area contributed by atoms with Crippen molar-refractivity contribution in [2.45, 2.75) is 26.3 Å². The van der Waals surface area contributed by atoms with Crippen molar-refractivity contribution in [3.05, 3.63) is 65.9 Å². The van der Waals surface area contributed by atoms with Crippen molar-refractivity contribution < 1.29 is 9.53 Å². The first-order valence-corrected chi connectivity index (χ1v) is 9.19. The van der Waals surface area contributed by atoms with Crippen LogP contribution in [0, 0.1) is 17.2 Å². The fraction of sp³-hybridized carbons (Fsp3) is 0.273. The first-order valence-electron chi connectivity index (χ1n) is 9.19. The zero-order valence-corrected chi connectivity index (χ0v) is 15.9. The minimum Gasteiger partial charge on any atom is -0.476 e. The molecule has 0 spiro atoms. The smallest absolute Gasteiger partial charge is 0.244 e. The molecule has 2 aromatic carbocycles. The van der Waals surface area contributed by atoms with Gasteiger partial charge in [-0.3, -0.25) is 4.79 Å². The Kier molecular flexibility index (Phi) is 6.18. The fourth-order valence-corrected chi connectivity index (χ4v) is 2.67. The molecule has 6 nitrogen and oxygen atoms in total. The Hall–Kier alpha value is -3.46. The number of para-hydroxylation sites is 2. The lowest BCUT2D eigenvalue weighted by Gasteiger charge is -2.15. The standard InChI is InChI=1S/C22H22N4O2/c1-15(2)14-28-22-20(25-18-10-6-7-11-19(18)26-22)17(12-23)21(27)24-13-16-8-4-3-5-9-16/h3-11,15,17H,13-14H2,1-2H3,(H,24,27)/t17-/m0/s1. The van der Waals surface area contributed by atoms with Crippen molar-refractivity contribution in [1.29, 1.82) is 5.26 Å². The average Bonchev–Trinajstić information content (AvgIpc) is 2.72. The Morgan fingerprint density at radius 2 is 1.71 bits per heavy atom. The van der Waals surface area contributed by atoms with Crippen molar-refractivity contribution in [3.63, 3.8) is 0 Å². The van der Waals surface area contributed by atoms with Crippen molar-refractivity contribution in [2.24, 2.45) is 5.92 Å². The molecule has 6 heteroatoms. The van der Waals surface area contributed by atoms with E-state index >= 15 is 0 Å². The third-order valence-corrected chi connectivity index (χ3v) is 4.09. The lowest BCUT2D eigenvalue weighted by atomic mass is 10.1. The molecule has 0 aliphatic carbocycles. The van der Waals surface area contributed by atoms with Crippen molar-refractivity contribution in [3.8, 4) is 11.9 Å². The normalized spacial score (nSPS) is 11.8. The van der Waals surface area contributed by atoms with Crippen molar-refractivity contribution >= 4 is 16.9 Å². The quantitative estimate of drug-likeness (QED) is 0.683. The van der Waals surface area contributed by atoms with Gasteiger partial charge in [-0.25, -0.2) is 9.97 Å². The monoisotopic (exact) mass is 374 g/mol. The Morgan fingerprint density at radius 3 is 2.36 bits per heavy atom. The summed E-state index contributed by atoms with van der Waals surface area (Å²) in [4.78, 5) is 21.7. The van der Waals surface area contributed by atoms with Gasteiger partial charge >= 0.3 is 0 Å². The SMILES string of the molecule is CC(C)COc1nc2ccccc2nc1[C@H](C#N)C(=O)NCc1ccccc1. The number of amides is 1. The van der Waals surface area contributed by atoms with Gasteiger partial charge in [0.25, 0.3) is 0 Å². The van der Waals surface area contributed by atoms with Gasteiger partial charge in [0.15, 0.2) is 5.92 Å². The Morgan fingerprint density at radius 1 is 1.07 bits per heavy atom. The first kappa shape index (κ1) is 19.3. The van der Waals surface area contributed by atoms with Crippen LogP contribution in [-0.4, -0.2) is 22.5 Å². The van der Waals surface area contributed by atoms with Crippen LogP contribution in [0.25, 0.3) is 11.0 Å². The second kappa shape index (κ2) is 8.96. The zero-order valence-electron chi connectivity index (χ0n) is 15.9. The first-order chi connectivity index (χ1) is 13.6. The van der Waals surface area contributed by atoms with Gasteiger partial charge in [0.1, 0.15) is 5.69 Å². The summed E-state index contributed by atoms with van der Waals surface area (Å²) in [6.07, 6.45) is 0. The molecular weight excluding hydrogens is 352 g/mol. The second-order valence-electron chi connectivity index (χ2n) is 6.87. The number of aromatic nitrogens is 2. The van der Waals surface area contributed by atoms with E-state index in [0.717, 1.165) is 5.56 Å². The van der Waals surface area contributed by atoms with E-state index in [1.807, 2.05) is 62.4 Å². The highest BCUT2D eigenvalue weighted by atomic mass is 16.5. The van der Waals surface area contributed by atoms with Gasteiger partial charge in [-0.1, -0.05) is 56.3 Å². The molecule has 0 saturated carbocycles. The topological polar surface area (TPSA) is 87.9 Å². The maximum absolute atomic E-state index is 12.7. The summed E-state index contributed by atoms with van der Waals surface area (Å²) >= 11 is 0.